The van der Waals surface area contributed by atoms with Gasteiger partial charge in [0.1, 0.15) is 5.82 Å². The number of fused-ring (bicyclic) bond motifs is 1. The van der Waals surface area contributed by atoms with Crippen LogP contribution in [0.2, 0.25) is 0 Å². The summed E-state index contributed by atoms with van der Waals surface area (Å²) in [5.41, 5.74) is 1.89. The molecule has 84 valence electrons. The maximum absolute atomic E-state index is 13.5. The molecule has 2 N–H and O–H groups in total. The Labute approximate surface area is 93.9 Å². The Bertz CT molecular complexity index is 498. The zero-order valence-electron chi connectivity index (χ0n) is 9.09. The van der Waals surface area contributed by atoms with Crippen LogP contribution >= 0.6 is 0 Å². The molecule has 1 saturated heterocycles. The zero-order chi connectivity index (χ0) is 11.0. The quantitative estimate of drug-likeness (QED) is 0.756. The summed E-state index contributed by atoms with van der Waals surface area (Å²) in [6, 6.07) is 5.28. The van der Waals surface area contributed by atoms with E-state index in [9.17, 15) is 4.39 Å². The highest BCUT2D eigenvalue weighted by atomic mass is 19.1. The lowest BCUT2D eigenvalue weighted by molar-refractivity contribution is 0.463. The van der Waals surface area contributed by atoms with E-state index < -0.39 is 0 Å². The van der Waals surface area contributed by atoms with Crippen LogP contribution in [0.1, 0.15) is 24.3 Å². The Hall–Kier alpha value is -1.35. The highest BCUT2D eigenvalue weighted by Crippen LogP contribution is 2.30. The third-order valence-electron chi connectivity index (χ3n) is 3.43. The molecule has 0 radical (unpaired) electrons. The Balaban J connectivity index is 2.06. The van der Waals surface area contributed by atoms with Gasteiger partial charge in [-0.1, -0.05) is 12.1 Å². The van der Waals surface area contributed by atoms with Gasteiger partial charge >= 0.3 is 0 Å². The first kappa shape index (κ1) is 9.85. The fourth-order valence-electron chi connectivity index (χ4n) is 2.59. The van der Waals surface area contributed by atoms with Crippen LogP contribution in [0.25, 0.3) is 10.9 Å². The van der Waals surface area contributed by atoms with Crippen molar-refractivity contribution in [1.82, 2.24) is 10.3 Å². The topological polar surface area (TPSA) is 27.8 Å². The average Bonchev–Trinajstić information content (AvgIpc) is 2.75. The van der Waals surface area contributed by atoms with E-state index in [1.54, 1.807) is 6.07 Å². The predicted octanol–water partition coefficient (Wildman–Crippen LogP) is 2.77. The molecule has 0 saturated carbocycles. The first-order valence-electron chi connectivity index (χ1n) is 5.82. The summed E-state index contributed by atoms with van der Waals surface area (Å²) in [4.78, 5) is 3.05. The van der Waals surface area contributed by atoms with Crippen LogP contribution in [0.5, 0.6) is 0 Å². The first-order valence-corrected chi connectivity index (χ1v) is 5.82. The Morgan fingerprint density at radius 1 is 1.31 bits per heavy atom. The van der Waals surface area contributed by atoms with Crippen molar-refractivity contribution in [2.75, 3.05) is 13.1 Å². The van der Waals surface area contributed by atoms with E-state index in [1.165, 1.54) is 24.5 Å². The zero-order valence-corrected chi connectivity index (χ0v) is 9.09. The Morgan fingerprint density at radius 2 is 2.25 bits per heavy atom. The molecule has 16 heavy (non-hydrogen) atoms. The maximum Gasteiger partial charge on any atom is 0.147 e. The van der Waals surface area contributed by atoms with Gasteiger partial charge in [0.2, 0.25) is 0 Å². The van der Waals surface area contributed by atoms with Crippen LogP contribution in [-0.2, 0) is 0 Å². The van der Waals surface area contributed by atoms with Gasteiger partial charge in [-0.15, -0.1) is 0 Å². The Kier molecular flexibility index (Phi) is 2.40. The lowest BCUT2D eigenvalue weighted by atomic mass is 9.91. The van der Waals surface area contributed by atoms with Gasteiger partial charge in [0, 0.05) is 18.1 Å². The number of aromatic nitrogens is 1. The molecule has 1 aliphatic rings. The molecule has 1 atom stereocenters. The highest BCUT2D eigenvalue weighted by molar-refractivity contribution is 5.84. The predicted molar refractivity (Wildman–Crippen MR) is 63.1 cm³/mol. The van der Waals surface area contributed by atoms with Crippen LogP contribution in [-0.4, -0.2) is 18.1 Å². The normalized spacial score (nSPS) is 21.4. The van der Waals surface area contributed by atoms with Crippen molar-refractivity contribution in [3.05, 3.63) is 35.8 Å². The van der Waals surface area contributed by atoms with Crippen LogP contribution in [0.4, 0.5) is 4.39 Å². The molecule has 1 aromatic heterocycles. The van der Waals surface area contributed by atoms with Crippen LogP contribution in [0, 0.1) is 5.82 Å². The number of para-hydroxylation sites is 1. The van der Waals surface area contributed by atoms with E-state index in [1.807, 2.05) is 12.3 Å². The molecular formula is C13H15FN2. The summed E-state index contributed by atoms with van der Waals surface area (Å²) < 4.78 is 13.5. The minimum Gasteiger partial charge on any atom is -0.359 e. The number of aromatic amines is 1. The minimum absolute atomic E-state index is 0.160. The second-order valence-corrected chi connectivity index (χ2v) is 4.45. The SMILES string of the molecule is Fc1cccc2c([C@H]3CCCNC3)c[nH]c12. The second kappa shape index (κ2) is 3.91. The van der Waals surface area contributed by atoms with Crippen LogP contribution in [0.3, 0.4) is 0 Å². The lowest BCUT2D eigenvalue weighted by Gasteiger charge is -2.22. The van der Waals surface area contributed by atoms with Gasteiger partial charge in [-0.2, -0.15) is 0 Å². The summed E-state index contributed by atoms with van der Waals surface area (Å²) >= 11 is 0. The van der Waals surface area contributed by atoms with E-state index in [4.69, 9.17) is 0 Å². The van der Waals surface area contributed by atoms with E-state index in [-0.39, 0.29) is 5.82 Å². The van der Waals surface area contributed by atoms with E-state index in [0.29, 0.717) is 11.4 Å². The van der Waals surface area contributed by atoms with Crippen molar-refractivity contribution in [3.63, 3.8) is 0 Å². The number of halogens is 1. The van der Waals surface area contributed by atoms with Gasteiger partial charge in [-0.05, 0) is 36.9 Å². The molecule has 3 rings (SSSR count). The molecule has 1 aromatic carbocycles. The molecule has 1 fully saturated rings. The van der Waals surface area contributed by atoms with E-state index in [2.05, 4.69) is 10.3 Å². The first-order chi connectivity index (χ1) is 7.86. The summed E-state index contributed by atoms with van der Waals surface area (Å²) in [5, 5.41) is 4.43. The fraction of sp³-hybridized carbons (Fsp3) is 0.385. The average molecular weight is 218 g/mol. The van der Waals surface area contributed by atoms with Gasteiger partial charge in [0.05, 0.1) is 5.52 Å². The standard InChI is InChI=1S/C13H15FN2/c14-12-5-1-4-10-11(8-16-13(10)12)9-3-2-6-15-7-9/h1,4-5,8-9,15-16H,2-3,6-7H2/t9-/m0/s1. The summed E-state index contributed by atoms with van der Waals surface area (Å²) in [5.74, 6) is 0.358. The number of hydrogen-bond acceptors (Lipinski definition) is 1. The van der Waals surface area contributed by atoms with Crippen molar-refractivity contribution in [1.29, 1.82) is 0 Å². The van der Waals surface area contributed by atoms with Crippen LogP contribution < -0.4 is 5.32 Å². The largest absolute Gasteiger partial charge is 0.359 e. The van der Waals surface area contributed by atoms with Crippen LogP contribution in [0.15, 0.2) is 24.4 Å². The van der Waals surface area contributed by atoms with E-state index >= 15 is 0 Å². The van der Waals surface area contributed by atoms with Gasteiger partial charge < -0.3 is 10.3 Å². The van der Waals surface area contributed by atoms with Gasteiger partial charge in [-0.25, -0.2) is 4.39 Å². The van der Waals surface area contributed by atoms with Crippen molar-refractivity contribution < 1.29 is 4.39 Å². The van der Waals surface area contributed by atoms with Gasteiger partial charge in [0.25, 0.3) is 0 Å². The molecule has 2 heterocycles. The molecule has 0 amide bonds. The summed E-state index contributed by atoms with van der Waals surface area (Å²) in [6.45, 7) is 2.11. The molecule has 3 heteroatoms. The fourth-order valence-corrected chi connectivity index (χ4v) is 2.59. The van der Waals surface area contributed by atoms with Gasteiger partial charge in [-0.3, -0.25) is 0 Å². The lowest BCUT2D eigenvalue weighted by Crippen LogP contribution is -2.28. The molecule has 0 bridgehead atoms. The molecule has 1 aliphatic heterocycles. The minimum atomic E-state index is -0.160. The van der Waals surface area contributed by atoms with Crippen molar-refractivity contribution in [2.24, 2.45) is 0 Å². The number of nitrogens with one attached hydrogen (secondary N) is 2. The van der Waals surface area contributed by atoms with E-state index in [0.717, 1.165) is 18.5 Å². The van der Waals surface area contributed by atoms with Crippen molar-refractivity contribution >= 4 is 10.9 Å². The highest BCUT2D eigenvalue weighted by Gasteiger charge is 2.19. The molecule has 2 aromatic rings. The molecular weight excluding hydrogens is 203 g/mol. The number of H-pyrrole nitrogens is 1. The second-order valence-electron chi connectivity index (χ2n) is 4.45. The van der Waals surface area contributed by atoms with Crippen molar-refractivity contribution in [2.45, 2.75) is 18.8 Å². The third-order valence-corrected chi connectivity index (χ3v) is 3.43. The smallest absolute Gasteiger partial charge is 0.147 e. The van der Waals surface area contributed by atoms with Crippen molar-refractivity contribution in [3.8, 4) is 0 Å². The number of benzene rings is 1. The molecule has 0 aliphatic carbocycles. The number of hydrogen-bond donors (Lipinski definition) is 2. The molecule has 0 spiro atoms. The number of rotatable bonds is 1. The number of piperidine rings is 1. The van der Waals surface area contributed by atoms with Gasteiger partial charge in [0.15, 0.2) is 0 Å². The maximum atomic E-state index is 13.5. The summed E-state index contributed by atoms with van der Waals surface area (Å²) in [6.07, 6.45) is 4.36. The monoisotopic (exact) mass is 218 g/mol. The molecule has 0 unspecified atom stereocenters. The third kappa shape index (κ3) is 1.52. The summed E-state index contributed by atoms with van der Waals surface area (Å²) in [7, 11) is 0. The molecule has 2 nitrogen and oxygen atoms in total. The Morgan fingerprint density at radius 3 is 3.06 bits per heavy atom.